The van der Waals surface area contributed by atoms with Gasteiger partial charge in [-0.05, 0) is 17.7 Å². The molecule has 0 fully saturated rings. The molecular weight excluding hydrogens is 350 g/mol. The number of esters is 1. The smallest absolute Gasteiger partial charge is 0.328 e. The first kappa shape index (κ1) is 18.2. The Morgan fingerprint density at radius 1 is 1.33 bits per heavy atom. The Hall–Kier alpha value is -3.55. The van der Waals surface area contributed by atoms with E-state index in [1.807, 2.05) is 24.3 Å². The number of allylic oxidation sites excluding steroid dienone is 2. The first-order valence-electron chi connectivity index (χ1n) is 8.25. The number of ether oxygens (including phenoxy) is 3. The molecule has 0 saturated heterocycles. The van der Waals surface area contributed by atoms with Crippen molar-refractivity contribution in [2.45, 2.75) is 12.5 Å². The number of nitrogens with one attached hydrogen (secondary N) is 2. The fraction of sp³-hybridized carbons (Fsp3) is 0.211. The zero-order valence-electron chi connectivity index (χ0n) is 14.7. The number of rotatable bonds is 7. The van der Waals surface area contributed by atoms with E-state index in [-0.39, 0.29) is 13.2 Å². The second-order valence-corrected chi connectivity index (χ2v) is 5.70. The van der Waals surface area contributed by atoms with E-state index in [1.165, 1.54) is 19.5 Å². The van der Waals surface area contributed by atoms with Gasteiger partial charge in [-0.15, -0.1) is 0 Å². The Morgan fingerprint density at radius 3 is 2.96 bits per heavy atom. The van der Waals surface area contributed by atoms with Gasteiger partial charge in [0.15, 0.2) is 11.5 Å². The van der Waals surface area contributed by atoms with Crippen LogP contribution in [0.5, 0.6) is 11.5 Å². The van der Waals surface area contributed by atoms with Crippen LogP contribution in [0.25, 0.3) is 6.08 Å². The molecule has 1 atom stereocenters. The molecule has 27 heavy (non-hydrogen) atoms. The highest BCUT2D eigenvalue weighted by atomic mass is 16.7. The Labute approximate surface area is 155 Å². The summed E-state index contributed by atoms with van der Waals surface area (Å²) >= 11 is 0. The Balaban J connectivity index is 1.55. The summed E-state index contributed by atoms with van der Waals surface area (Å²) in [5, 5.41) is 2.62. The molecule has 0 aliphatic carbocycles. The van der Waals surface area contributed by atoms with Crippen LogP contribution in [-0.2, 0) is 20.7 Å². The second kappa shape index (κ2) is 8.70. The van der Waals surface area contributed by atoms with Gasteiger partial charge >= 0.3 is 5.97 Å². The third-order valence-corrected chi connectivity index (χ3v) is 3.83. The van der Waals surface area contributed by atoms with Crippen molar-refractivity contribution in [1.82, 2.24) is 15.3 Å². The van der Waals surface area contributed by atoms with Crippen molar-refractivity contribution in [2.75, 3.05) is 13.9 Å². The van der Waals surface area contributed by atoms with Crippen LogP contribution < -0.4 is 14.8 Å². The van der Waals surface area contributed by atoms with Gasteiger partial charge in [0.2, 0.25) is 12.7 Å². The highest BCUT2D eigenvalue weighted by Crippen LogP contribution is 2.32. The van der Waals surface area contributed by atoms with E-state index in [0.717, 1.165) is 11.3 Å². The zero-order valence-corrected chi connectivity index (χ0v) is 14.7. The number of hydrogen-bond donors (Lipinski definition) is 2. The molecule has 2 aromatic rings. The molecule has 2 heterocycles. The summed E-state index contributed by atoms with van der Waals surface area (Å²) in [5.41, 5.74) is 1.63. The standard InChI is InChI=1S/C19H19N3O5/c1-25-19(24)15(9-14-10-20-11-21-14)22-18(23)5-3-2-4-13-6-7-16-17(8-13)27-12-26-16/h2-8,10-11,15H,9,12H2,1H3,(H,20,21)(H,22,23)/b4-2+,5-3+/t15-/m1/s1. The fourth-order valence-electron chi connectivity index (χ4n) is 2.50. The van der Waals surface area contributed by atoms with Crippen LogP contribution in [0.4, 0.5) is 0 Å². The highest BCUT2D eigenvalue weighted by molar-refractivity contribution is 5.91. The van der Waals surface area contributed by atoms with E-state index < -0.39 is 17.9 Å². The number of carbonyl (C=O) groups excluding carboxylic acids is 2. The Kier molecular flexibility index (Phi) is 5.88. The van der Waals surface area contributed by atoms with Crippen LogP contribution in [0.2, 0.25) is 0 Å². The van der Waals surface area contributed by atoms with E-state index in [4.69, 9.17) is 14.2 Å². The van der Waals surface area contributed by atoms with E-state index in [2.05, 4.69) is 15.3 Å². The topological polar surface area (TPSA) is 103 Å². The predicted molar refractivity (Wildman–Crippen MR) is 97.0 cm³/mol. The molecule has 0 radical (unpaired) electrons. The number of aromatic nitrogens is 2. The molecule has 1 amide bonds. The summed E-state index contributed by atoms with van der Waals surface area (Å²) in [6.07, 6.45) is 9.84. The summed E-state index contributed by atoms with van der Waals surface area (Å²) < 4.78 is 15.3. The molecule has 1 aromatic carbocycles. The van der Waals surface area contributed by atoms with E-state index >= 15 is 0 Å². The van der Waals surface area contributed by atoms with Gasteiger partial charge in [-0.1, -0.05) is 24.3 Å². The van der Waals surface area contributed by atoms with Crippen molar-refractivity contribution in [3.05, 3.63) is 60.2 Å². The molecule has 1 aromatic heterocycles. The summed E-state index contributed by atoms with van der Waals surface area (Å²) in [6, 6.07) is 4.76. The van der Waals surface area contributed by atoms with Crippen LogP contribution in [0.1, 0.15) is 11.3 Å². The summed E-state index contributed by atoms with van der Waals surface area (Å²) in [4.78, 5) is 30.7. The molecule has 1 aliphatic heterocycles. The van der Waals surface area contributed by atoms with Crippen molar-refractivity contribution in [3.63, 3.8) is 0 Å². The number of H-pyrrole nitrogens is 1. The molecule has 1 aliphatic rings. The van der Waals surface area contributed by atoms with Crippen molar-refractivity contribution in [3.8, 4) is 11.5 Å². The number of aromatic amines is 1. The van der Waals surface area contributed by atoms with Gasteiger partial charge in [-0.25, -0.2) is 9.78 Å². The zero-order chi connectivity index (χ0) is 19.1. The quantitative estimate of drug-likeness (QED) is 0.437. The first-order chi connectivity index (χ1) is 13.2. The van der Waals surface area contributed by atoms with Crippen LogP contribution in [-0.4, -0.2) is 41.8 Å². The van der Waals surface area contributed by atoms with Gasteiger partial charge in [-0.3, -0.25) is 4.79 Å². The van der Waals surface area contributed by atoms with Crippen LogP contribution >= 0.6 is 0 Å². The van der Waals surface area contributed by atoms with Gasteiger partial charge in [0.25, 0.3) is 0 Å². The molecule has 0 unspecified atom stereocenters. The number of imidazole rings is 1. The third kappa shape index (κ3) is 4.97. The Morgan fingerprint density at radius 2 is 2.19 bits per heavy atom. The lowest BCUT2D eigenvalue weighted by Crippen LogP contribution is -2.42. The van der Waals surface area contributed by atoms with Gasteiger partial charge < -0.3 is 24.5 Å². The van der Waals surface area contributed by atoms with Crippen LogP contribution in [0.3, 0.4) is 0 Å². The maximum atomic E-state index is 12.1. The van der Waals surface area contributed by atoms with Crippen molar-refractivity contribution in [2.24, 2.45) is 0 Å². The average molecular weight is 369 g/mol. The van der Waals surface area contributed by atoms with Gasteiger partial charge in [0.1, 0.15) is 6.04 Å². The number of carbonyl (C=O) groups is 2. The predicted octanol–water partition coefficient (Wildman–Crippen LogP) is 1.61. The second-order valence-electron chi connectivity index (χ2n) is 5.70. The minimum Gasteiger partial charge on any atom is -0.467 e. The van der Waals surface area contributed by atoms with Gasteiger partial charge in [-0.2, -0.15) is 0 Å². The fourth-order valence-corrected chi connectivity index (χ4v) is 2.50. The van der Waals surface area contributed by atoms with Crippen LogP contribution in [0, 0.1) is 0 Å². The lowest BCUT2D eigenvalue weighted by Gasteiger charge is -2.14. The van der Waals surface area contributed by atoms with Gasteiger partial charge in [0, 0.05) is 24.4 Å². The minimum absolute atomic E-state index is 0.225. The molecule has 140 valence electrons. The SMILES string of the molecule is COC(=O)[C@@H](Cc1cnc[nH]1)NC(=O)/C=C/C=C/c1ccc2c(c1)OCO2. The molecular formula is C19H19N3O5. The molecule has 3 rings (SSSR count). The number of benzene rings is 1. The number of amides is 1. The number of hydrogen-bond acceptors (Lipinski definition) is 6. The maximum absolute atomic E-state index is 12.1. The summed E-state index contributed by atoms with van der Waals surface area (Å²) in [7, 11) is 1.28. The van der Waals surface area contributed by atoms with Gasteiger partial charge in [0.05, 0.1) is 13.4 Å². The molecule has 2 N–H and O–H groups in total. The number of fused-ring (bicyclic) bond motifs is 1. The third-order valence-electron chi connectivity index (χ3n) is 3.83. The normalized spacial score (nSPS) is 13.8. The highest BCUT2D eigenvalue weighted by Gasteiger charge is 2.21. The molecule has 0 saturated carbocycles. The summed E-state index contributed by atoms with van der Waals surface area (Å²) in [6.45, 7) is 0.225. The van der Waals surface area contributed by atoms with E-state index in [9.17, 15) is 9.59 Å². The Bertz CT molecular complexity index is 858. The average Bonchev–Trinajstić information content (AvgIpc) is 3.35. The van der Waals surface area contributed by atoms with Crippen molar-refractivity contribution in [1.29, 1.82) is 0 Å². The van der Waals surface area contributed by atoms with E-state index in [1.54, 1.807) is 18.3 Å². The maximum Gasteiger partial charge on any atom is 0.328 e. The minimum atomic E-state index is -0.801. The monoisotopic (exact) mass is 369 g/mol. The molecule has 0 spiro atoms. The first-order valence-corrected chi connectivity index (χ1v) is 8.25. The largest absolute Gasteiger partial charge is 0.467 e. The lowest BCUT2D eigenvalue weighted by molar-refractivity contribution is -0.144. The van der Waals surface area contributed by atoms with E-state index in [0.29, 0.717) is 11.5 Å². The van der Waals surface area contributed by atoms with Crippen LogP contribution in [0.15, 0.2) is 49.0 Å². The summed E-state index contributed by atoms with van der Waals surface area (Å²) in [5.74, 6) is 0.481. The van der Waals surface area contributed by atoms with Crippen molar-refractivity contribution >= 4 is 18.0 Å². The lowest BCUT2D eigenvalue weighted by atomic mass is 10.1. The number of nitrogens with zero attached hydrogens (tertiary/aromatic N) is 1. The van der Waals surface area contributed by atoms with Crippen molar-refractivity contribution < 1.29 is 23.8 Å². The molecule has 8 nitrogen and oxygen atoms in total. The molecule has 0 bridgehead atoms. The molecule has 8 heteroatoms. The number of methoxy groups -OCH3 is 1.